The molecule has 11 aromatic carbocycles. The molecule has 0 heterocycles. The fraction of sp³-hybridized carbons (Fsp3) is 0. The van der Waals surface area contributed by atoms with Crippen molar-refractivity contribution in [1.29, 1.82) is 0 Å². The molecule has 0 nitrogen and oxygen atoms in total. The first-order valence-electron chi connectivity index (χ1n) is 18.7. The van der Waals surface area contributed by atoms with Crippen LogP contribution < -0.4 is 0 Å². The van der Waals surface area contributed by atoms with Crippen LogP contribution in [0.2, 0.25) is 0 Å². The molecule has 0 atom stereocenters. The van der Waals surface area contributed by atoms with Gasteiger partial charge in [-0.15, -0.1) is 0 Å². The largest absolute Gasteiger partial charge is 0.0616 e. The molecule has 0 N–H and O–H groups in total. The van der Waals surface area contributed by atoms with E-state index in [2.05, 4.69) is 206 Å². The van der Waals surface area contributed by atoms with Gasteiger partial charge in [-0.2, -0.15) is 0 Å². The molecule has 0 aliphatic carbocycles. The van der Waals surface area contributed by atoms with Crippen molar-refractivity contribution in [3.8, 4) is 44.5 Å². The van der Waals surface area contributed by atoms with E-state index in [0.717, 1.165) is 0 Å². The second-order valence-corrected chi connectivity index (χ2v) is 14.5. The number of hydrogen-bond donors (Lipinski definition) is 0. The molecular formula is C54H34. The Kier molecular flexibility index (Phi) is 6.97. The topological polar surface area (TPSA) is 0 Å². The zero-order chi connectivity index (χ0) is 35.6. The van der Waals surface area contributed by atoms with Crippen LogP contribution in [0.25, 0.3) is 109 Å². The van der Waals surface area contributed by atoms with Crippen LogP contribution in [-0.2, 0) is 0 Å². The van der Waals surface area contributed by atoms with Gasteiger partial charge < -0.3 is 0 Å². The molecule has 0 saturated carbocycles. The molecular weight excluding hydrogens is 649 g/mol. The molecule has 54 heavy (non-hydrogen) atoms. The van der Waals surface area contributed by atoms with E-state index in [0.29, 0.717) is 0 Å². The number of rotatable bonds is 4. The van der Waals surface area contributed by atoms with Crippen LogP contribution in [0.5, 0.6) is 0 Å². The Hall–Kier alpha value is -7.02. The summed E-state index contributed by atoms with van der Waals surface area (Å²) in [6.07, 6.45) is 0. The van der Waals surface area contributed by atoms with Gasteiger partial charge in [0.1, 0.15) is 0 Å². The Labute approximate surface area is 314 Å². The van der Waals surface area contributed by atoms with Crippen LogP contribution in [0, 0.1) is 0 Å². The third-order valence-corrected chi connectivity index (χ3v) is 11.4. The molecule has 0 spiro atoms. The van der Waals surface area contributed by atoms with Crippen LogP contribution >= 0.6 is 0 Å². The van der Waals surface area contributed by atoms with Crippen LogP contribution in [0.3, 0.4) is 0 Å². The molecule has 0 aliphatic heterocycles. The van der Waals surface area contributed by atoms with Gasteiger partial charge >= 0.3 is 0 Å². The summed E-state index contributed by atoms with van der Waals surface area (Å²) in [4.78, 5) is 0. The molecule has 250 valence electrons. The van der Waals surface area contributed by atoms with E-state index in [-0.39, 0.29) is 0 Å². The van der Waals surface area contributed by atoms with E-state index >= 15 is 0 Å². The van der Waals surface area contributed by atoms with Crippen molar-refractivity contribution >= 4 is 64.6 Å². The van der Waals surface area contributed by atoms with Gasteiger partial charge in [0.15, 0.2) is 0 Å². The van der Waals surface area contributed by atoms with Crippen molar-refractivity contribution in [3.05, 3.63) is 206 Å². The zero-order valence-corrected chi connectivity index (χ0v) is 29.6. The SMILES string of the molecule is c1cc(-c2ccc3ccc4ccccc4c3c2)cc(-c2c3ccccc3c(-c3cccc(-c4ccc5ccccc5c4)c3)c3c2ccc2ccccc23)c1. The Morgan fingerprint density at radius 2 is 0.630 bits per heavy atom. The molecule has 0 saturated heterocycles. The molecule has 0 unspecified atom stereocenters. The van der Waals surface area contributed by atoms with Crippen LogP contribution in [0.15, 0.2) is 206 Å². The summed E-state index contributed by atoms with van der Waals surface area (Å²) in [5, 5.41) is 15.2. The standard InChI is InChI=1S/C54H34/c1-2-14-39-31-42(27-23-35(39)11-1)40-15-10-18-45(33-40)53-49-22-8-7-21-48(49)52(50-30-29-37-13-4-6-20-47(37)54(50)53)44-17-9-16-41(32-44)43-28-26-38-25-24-36-12-3-5-19-46(36)51(38)34-43/h1-34H. The molecule has 0 bridgehead atoms. The number of hydrogen-bond acceptors (Lipinski definition) is 0. The van der Waals surface area contributed by atoms with Gasteiger partial charge in [-0.25, -0.2) is 0 Å². The molecule has 11 aromatic rings. The summed E-state index contributed by atoms with van der Waals surface area (Å²) in [7, 11) is 0. The van der Waals surface area contributed by atoms with Crippen LogP contribution in [0.4, 0.5) is 0 Å². The van der Waals surface area contributed by atoms with Crippen molar-refractivity contribution in [2.24, 2.45) is 0 Å². The lowest BCUT2D eigenvalue weighted by molar-refractivity contribution is 1.62. The Bertz CT molecular complexity index is 3270. The van der Waals surface area contributed by atoms with Gasteiger partial charge in [-0.1, -0.05) is 182 Å². The van der Waals surface area contributed by atoms with E-state index in [1.807, 2.05) is 0 Å². The van der Waals surface area contributed by atoms with Gasteiger partial charge in [0.25, 0.3) is 0 Å². The minimum absolute atomic E-state index is 1.22. The van der Waals surface area contributed by atoms with Gasteiger partial charge in [-0.3, -0.25) is 0 Å². The quantitative estimate of drug-likeness (QED) is 0.128. The molecule has 0 heteroatoms. The zero-order valence-electron chi connectivity index (χ0n) is 29.6. The Balaban J connectivity index is 1.16. The highest BCUT2D eigenvalue weighted by Gasteiger charge is 2.19. The fourth-order valence-corrected chi connectivity index (χ4v) is 8.82. The Morgan fingerprint density at radius 1 is 0.185 bits per heavy atom. The highest BCUT2D eigenvalue weighted by atomic mass is 14.2. The average Bonchev–Trinajstić information content (AvgIpc) is 3.25. The third-order valence-electron chi connectivity index (χ3n) is 11.4. The highest BCUT2D eigenvalue weighted by molar-refractivity contribution is 6.28. The van der Waals surface area contributed by atoms with Crippen molar-refractivity contribution in [2.45, 2.75) is 0 Å². The predicted octanol–water partition coefficient (Wildman–Crippen LogP) is 15.3. The van der Waals surface area contributed by atoms with Gasteiger partial charge in [0, 0.05) is 0 Å². The van der Waals surface area contributed by atoms with Crippen molar-refractivity contribution in [2.75, 3.05) is 0 Å². The summed E-state index contributed by atoms with van der Waals surface area (Å²) >= 11 is 0. The summed E-state index contributed by atoms with van der Waals surface area (Å²) < 4.78 is 0. The van der Waals surface area contributed by atoms with Crippen molar-refractivity contribution in [3.63, 3.8) is 0 Å². The summed E-state index contributed by atoms with van der Waals surface area (Å²) in [6.45, 7) is 0. The summed E-state index contributed by atoms with van der Waals surface area (Å²) in [6, 6.07) is 76.2. The summed E-state index contributed by atoms with van der Waals surface area (Å²) in [5.74, 6) is 0. The second kappa shape index (κ2) is 12.3. The molecule has 0 aromatic heterocycles. The minimum atomic E-state index is 1.22. The smallest absolute Gasteiger partial charge is 0.00141 e. The van der Waals surface area contributed by atoms with E-state index in [1.165, 1.54) is 109 Å². The second-order valence-electron chi connectivity index (χ2n) is 14.5. The molecule has 0 radical (unpaired) electrons. The maximum Gasteiger partial charge on any atom is -0.00141 e. The van der Waals surface area contributed by atoms with E-state index in [9.17, 15) is 0 Å². The lowest BCUT2D eigenvalue weighted by atomic mass is 9.83. The third kappa shape index (κ3) is 4.92. The predicted molar refractivity (Wildman–Crippen MR) is 233 cm³/mol. The molecule has 0 fully saturated rings. The van der Waals surface area contributed by atoms with Crippen molar-refractivity contribution in [1.82, 2.24) is 0 Å². The van der Waals surface area contributed by atoms with E-state index in [1.54, 1.807) is 0 Å². The van der Waals surface area contributed by atoms with Gasteiger partial charge in [-0.05, 0) is 133 Å². The van der Waals surface area contributed by atoms with E-state index < -0.39 is 0 Å². The first-order chi connectivity index (χ1) is 26.8. The number of fused-ring (bicyclic) bond motifs is 8. The minimum Gasteiger partial charge on any atom is -0.0616 e. The highest BCUT2D eigenvalue weighted by Crippen LogP contribution is 2.47. The van der Waals surface area contributed by atoms with Crippen molar-refractivity contribution < 1.29 is 0 Å². The lowest BCUT2D eigenvalue weighted by Gasteiger charge is -2.20. The average molecular weight is 683 g/mol. The van der Waals surface area contributed by atoms with E-state index in [4.69, 9.17) is 0 Å². The maximum atomic E-state index is 2.39. The fourth-order valence-electron chi connectivity index (χ4n) is 8.82. The number of benzene rings is 11. The van der Waals surface area contributed by atoms with Gasteiger partial charge in [0.2, 0.25) is 0 Å². The summed E-state index contributed by atoms with van der Waals surface area (Å²) in [5.41, 5.74) is 9.88. The molecule has 0 amide bonds. The normalized spacial score (nSPS) is 11.7. The molecule has 11 rings (SSSR count). The monoisotopic (exact) mass is 682 g/mol. The molecule has 0 aliphatic rings. The Morgan fingerprint density at radius 3 is 1.35 bits per heavy atom. The lowest BCUT2D eigenvalue weighted by Crippen LogP contribution is -1.93. The first kappa shape index (κ1) is 30.6. The van der Waals surface area contributed by atoms with Crippen LogP contribution in [0.1, 0.15) is 0 Å². The maximum absolute atomic E-state index is 2.39. The first-order valence-corrected chi connectivity index (χ1v) is 18.7. The van der Waals surface area contributed by atoms with Gasteiger partial charge in [0.05, 0.1) is 0 Å². The van der Waals surface area contributed by atoms with Crippen LogP contribution in [-0.4, -0.2) is 0 Å².